The molecule has 0 aliphatic carbocycles. The Balaban J connectivity index is 0.000000980. The quantitative estimate of drug-likeness (QED) is 0.565. The molecule has 0 bridgehead atoms. The maximum Gasteiger partial charge on any atom is 1.00 e. The molecule has 3 heteroatoms. The predicted molar refractivity (Wildman–Crippen MR) is 54.0 cm³/mol. The van der Waals surface area contributed by atoms with Crippen LogP contribution >= 0.6 is 0 Å². The Morgan fingerprint density at radius 1 is 1.14 bits per heavy atom. The molecule has 0 atom stereocenters. The Morgan fingerprint density at radius 3 is 2.50 bits per heavy atom. The minimum Gasteiger partial charge on any atom is -1.00 e. The van der Waals surface area contributed by atoms with E-state index in [-0.39, 0.29) is 26.0 Å². The number of hydrogen-bond acceptors (Lipinski definition) is 2. The van der Waals surface area contributed by atoms with Crippen LogP contribution in [0.3, 0.4) is 0 Å². The SMILES string of the molecule is Cc1cnc2c(O)cc(C)cc2c1.[H-].[Li+]. The number of nitrogens with zero attached hydrogens (tertiary/aromatic N) is 1. The first kappa shape index (κ1) is 11.1. The van der Waals surface area contributed by atoms with Gasteiger partial charge in [-0.1, -0.05) is 0 Å². The summed E-state index contributed by atoms with van der Waals surface area (Å²) in [5.41, 5.74) is 2.84. The molecule has 0 aliphatic heterocycles. The van der Waals surface area contributed by atoms with Crippen LogP contribution in [0.15, 0.2) is 24.4 Å². The van der Waals surface area contributed by atoms with E-state index in [1.165, 1.54) is 0 Å². The van der Waals surface area contributed by atoms with Crippen LogP contribution in [0.2, 0.25) is 0 Å². The molecule has 0 saturated carbocycles. The smallest absolute Gasteiger partial charge is 1.00 e. The maximum atomic E-state index is 9.58. The van der Waals surface area contributed by atoms with Gasteiger partial charge in [-0.3, -0.25) is 4.98 Å². The van der Waals surface area contributed by atoms with Crippen molar-refractivity contribution in [3.63, 3.8) is 0 Å². The number of phenolic OH excluding ortho intramolecular Hbond substituents is 1. The second kappa shape index (κ2) is 4.04. The Bertz CT molecular complexity index is 468. The van der Waals surface area contributed by atoms with Gasteiger partial charge in [0, 0.05) is 11.6 Å². The molecule has 2 rings (SSSR count). The van der Waals surface area contributed by atoms with E-state index in [4.69, 9.17) is 0 Å². The molecule has 1 N–H and O–H groups in total. The standard InChI is InChI=1S/C11H11NO.Li.H/c1-7-3-9-4-8(2)6-12-11(9)10(13)5-7;;/h3-6,13H,1-2H3;;/q;+1;-1. The van der Waals surface area contributed by atoms with E-state index >= 15 is 0 Å². The molecule has 0 aliphatic rings. The molecule has 14 heavy (non-hydrogen) atoms. The second-order valence-corrected chi connectivity index (χ2v) is 3.37. The second-order valence-electron chi connectivity index (χ2n) is 3.37. The fourth-order valence-corrected chi connectivity index (χ4v) is 1.49. The van der Waals surface area contributed by atoms with Crippen molar-refractivity contribution in [1.82, 2.24) is 4.98 Å². The third-order valence-corrected chi connectivity index (χ3v) is 2.04. The van der Waals surface area contributed by atoms with Crippen LogP contribution in [0.25, 0.3) is 10.9 Å². The van der Waals surface area contributed by atoms with Crippen LogP contribution in [0.1, 0.15) is 12.6 Å². The molecule has 0 radical (unpaired) electrons. The Hall–Kier alpha value is -0.973. The van der Waals surface area contributed by atoms with Crippen molar-refractivity contribution in [2.45, 2.75) is 13.8 Å². The third-order valence-electron chi connectivity index (χ3n) is 2.04. The van der Waals surface area contributed by atoms with Gasteiger partial charge in [0.2, 0.25) is 0 Å². The van der Waals surface area contributed by atoms with Crippen LogP contribution in [0, 0.1) is 13.8 Å². The normalized spacial score (nSPS) is 9.86. The van der Waals surface area contributed by atoms with Gasteiger partial charge < -0.3 is 6.53 Å². The monoisotopic (exact) mass is 181 g/mol. The van der Waals surface area contributed by atoms with Crippen molar-refractivity contribution in [2.75, 3.05) is 0 Å². The summed E-state index contributed by atoms with van der Waals surface area (Å²) in [7, 11) is 0. The van der Waals surface area contributed by atoms with Crippen molar-refractivity contribution < 1.29 is 25.4 Å². The molecule has 0 spiro atoms. The summed E-state index contributed by atoms with van der Waals surface area (Å²) in [6.07, 6.45) is 1.76. The zero-order valence-electron chi connectivity index (χ0n) is 9.70. The zero-order valence-corrected chi connectivity index (χ0v) is 8.70. The van der Waals surface area contributed by atoms with E-state index in [2.05, 4.69) is 4.98 Å². The van der Waals surface area contributed by atoms with Crippen molar-refractivity contribution in [2.24, 2.45) is 0 Å². The van der Waals surface area contributed by atoms with Gasteiger partial charge in [0.15, 0.2) is 0 Å². The number of aromatic nitrogens is 1. The van der Waals surface area contributed by atoms with Gasteiger partial charge in [0.05, 0.1) is 0 Å². The largest absolute Gasteiger partial charge is 1.00 e. The minimum atomic E-state index is 0. The average Bonchev–Trinajstić information content (AvgIpc) is 2.02. The number of hydrogen-bond donors (Lipinski definition) is 1. The first-order valence-corrected chi connectivity index (χ1v) is 4.23. The van der Waals surface area contributed by atoms with Gasteiger partial charge in [-0.25, -0.2) is 0 Å². The van der Waals surface area contributed by atoms with E-state index in [9.17, 15) is 5.11 Å². The third kappa shape index (κ3) is 1.92. The summed E-state index contributed by atoms with van der Waals surface area (Å²) in [4.78, 5) is 4.17. The summed E-state index contributed by atoms with van der Waals surface area (Å²) in [5, 5.41) is 10.6. The first-order chi connectivity index (χ1) is 6.16. The number of fused-ring (bicyclic) bond motifs is 1. The number of rotatable bonds is 0. The van der Waals surface area contributed by atoms with E-state index in [1.54, 1.807) is 12.3 Å². The molecule has 1 aromatic heterocycles. The van der Waals surface area contributed by atoms with Gasteiger partial charge in [-0.15, -0.1) is 0 Å². The molecule has 2 aromatic rings. The van der Waals surface area contributed by atoms with Gasteiger partial charge >= 0.3 is 18.9 Å². The molecule has 0 saturated heterocycles. The average molecular weight is 181 g/mol. The topological polar surface area (TPSA) is 33.1 Å². The molecule has 68 valence electrons. The fraction of sp³-hybridized carbons (Fsp3) is 0.182. The summed E-state index contributed by atoms with van der Waals surface area (Å²) >= 11 is 0. The van der Waals surface area contributed by atoms with E-state index in [1.807, 2.05) is 26.0 Å². The predicted octanol–water partition coefficient (Wildman–Crippen LogP) is -0.326. The van der Waals surface area contributed by atoms with Crippen molar-refractivity contribution in [1.29, 1.82) is 0 Å². The summed E-state index contributed by atoms with van der Waals surface area (Å²) < 4.78 is 0. The molecule has 2 nitrogen and oxygen atoms in total. The van der Waals surface area contributed by atoms with Crippen LogP contribution in [-0.2, 0) is 0 Å². The number of aryl methyl sites for hydroxylation is 2. The number of aromatic hydroxyl groups is 1. The maximum absolute atomic E-state index is 9.58. The fourth-order valence-electron chi connectivity index (χ4n) is 1.49. The molecular weight excluding hydrogens is 169 g/mol. The van der Waals surface area contributed by atoms with Gasteiger partial charge in [0.25, 0.3) is 0 Å². The van der Waals surface area contributed by atoms with Crippen molar-refractivity contribution in [3.8, 4) is 5.75 Å². The summed E-state index contributed by atoms with van der Waals surface area (Å²) in [6.45, 7) is 3.95. The summed E-state index contributed by atoms with van der Waals surface area (Å²) in [6, 6.07) is 5.77. The minimum absolute atomic E-state index is 0. The van der Waals surface area contributed by atoms with Gasteiger partial charge in [-0.2, -0.15) is 0 Å². The Kier molecular flexibility index (Phi) is 3.20. The molecule has 0 fully saturated rings. The van der Waals surface area contributed by atoms with Gasteiger partial charge in [-0.05, 0) is 43.2 Å². The Labute approximate surface area is 96.6 Å². The van der Waals surface area contributed by atoms with Crippen LogP contribution < -0.4 is 18.9 Å². The van der Waals surface area contributed by atoms with Gasteiger partial charge in [0.1, 0.15) is 11.3 Å². The first-order valence-electron chi connectivity index (χ1n) is 4.23. The zero-order chi connectivity index (χ0) is 9.42. The van der Waals surface area contributed by atoms with E-state index in [0.29, 0.717) is 5.52 Å². The molecular formula is C11H12LiNO. The van der Waals surface area contributed by atoms with Crippen LogP contribution in [0.4, 0.5) is 0 Å². The molecule has 0 unspecified atom stereocenters. The molecule has 0 amide bonds. The summed E-state index contributed by atoms with van der Waals surface area (Å²) in [5.74, 6) is 0.259. The number of benzene rings is 1. The van der Waals surface area contributed by atoms with Crippen LogP contribution in [0.5, 0.6) is 5.75 Å². The van der Waals surface area contributed by atoms with Crippen molar-refractivity contribution >= 4 is 10.9 Å². The molecule has 1 aromatic carbocycles. The van der Waals surface area contributed by atoms with E-state index in [0.717, 1.165) is 16.5 Å². The molecule has 1 heterocycles. The Morgan fingerprint density at radius 2 is 1.79 bits per heavy atom. The van der Waals surface area contributed by atoms with Crippen LogP contribution in [-0.4, -0.2) is 10.1 Å². The number of phenols is 1. The van der Waals surface area contributed by atoms with E-state index < -0.39 is 0 Å². The van der Waals surface area contributed by atoms with Crippen molar-refractivity contribution in [3.05, 3.63) is 35.5 Å². The number of pyridine rings is 1.